The highest BCUT2D eigenvalue weighted by atomic mass is 32.2. The fraction of sp³-hybridized carbons (Fsp3) is 0.452. The normalized spacial score (nSPS) is 15.9. The lowest BCUT2D eigenvalue weighted by molar-refractivity contribution is -0.110. The van der Waals surface area contributed by atoms with Gasteiger partial charge in [-0.1, -0.05) is 20.3 Å². The number of rotatable bonds is 11. The smallest absolute Gasteiger partial charge is 0.368 e. The van der Waals surface area contributed by atoms with Crippen molar-refractivity contribution in [3.63, 3.8) is 0 Å². The van der Waals surface area contributed by atoms with Crippen LogP contribution in [0.3, 0.4) is 0 Å². The van der Waals surface area contributed by atoms with E-state index in [9.17, 15) is 14.0 Å². The number of thiophene rings is 1. The molecule has 0 aliphatic carbocycles. The van der Waals surface area contributed by atoms with E-state index in [-0.39, 0.29) is 28.3 Å². The summed E-state index contributed by atoms with van der Waals surface area (Å²) in [6, 6.07) is 4.49. The van der Waals surface area contributed by atoms with E-state index in [0.717, 1.165) is 52.1 Å². The summed E-state index contributed by atoms with van der Waals surface area (Å²) in [6.45, 7) is 13.8. The summed E-state index contributed by atoms with van der Waals surface area (Å²) in [5, 5.41) is 14.3. The number of carbonyl (C=O) groups is 2. The topological polar surface area (TPSA) is 91.3 Å². The Morgan fingerprint density at radius 3 is 2.62 bits per heavy atom. The van der Waals surface area contributed by atoms with E-state index in [4.69, 9.17) is 10.1 Å². The zero-order valence-corrected chi connectivity index (χ0v) is 26.0. The fourth-order valence-corrected chi connectivity index (χ4v) is 6.67. The molecule has 1 aromatic carbocycles. The van der Waals surface area contributed by atoms with E-state index in [1.807, 2.05) is 53.8 Å². The van der Waals surface area contributed by atoms with Crippen molar-refractivity contribution in [2.75, 3.05) is 5.32 Å². The Morgan fingerprint density at radius 2 is 1.98 bits per heavy atom. The molecule has 1 aromatic heterocycles. The Hall–Kier alpha value is -2.91. The van der Waals surface area contributed by atoms with Gasteiger partial charge in [0.25, 0.3) is 5.91 Å². The summed E-state index contributed by atoms with van der Waals surface area (Å²) < 4.78 is 19.3. The maximum atomic E-state index is 13.9. The van der Waals surface area contributed by atoms with E-state index in [1.165, 1.54) is 30.1 Å². The molecule has 0 fully saturated rings. The number of ether oxygens (including phenoxy) is 1. The number of carbonyl (C=O) groups excluding carboxylic acids is 2. The zero-order valence-electron chi connectivity index (χ0n) is 24.4. The first-order chi connectivity index (χ1) is 18.8. The maximum absolute atomic E-state index is 13.9. The van der Waals surface area contributed by atoms with Gasteiger partial charge in [-0.25, -0.2) is 9.18 Å². The third-order valence-electron chi connectivity index (χ3n) is 6.56. The monoisotopic (exact) mass is 585 g/mol. The highest BCUT2D eigenvalue weighted by molar-refractivity contribution is 8.13. The van der Waals surface area contributed by atoms with Gasteiger partial charge in [-0.15, -0.1) is 11.3 Å². The first kappa shape index (κ1) is 31.6. The first-order valence-corrected chi connectivity index (χ1v) is 15.3. The van der Waals surface area contributed by atoms with E-state index in [1.54, 1.807) is 17.4 Å². The summed E-state index contributed by atoms with van der Waals surface area (Å²) in [5.41, 5.74) is 3.79. The molecule has 3 rings (SSSR count). The SMILES string of the molecule is CCCC(CCC(C)SC(=O)OC(C)(C)C)N/C=C(\C=N)c1c(C)sc(/C=C2\C(=O)Nc3ccc(F)cc32)c1C. The van der Waals surface area contributed by atoms with Crippen LogP contribution in [0.5, 0.6) is 0 Å². The molecule has 2 heterocycles. The number of anilines is 1. The van der Waals surface area contributed by atoms with Gasteiger partial charge in [-0.05, 0) is 95.5 Å². The van der Waals surface area contributed by atoms with Gasteiger partial charge in [0, 0.05) is 55.8 Å². The minimum absolute atomic E-state index is 0.130. The molecule has 1 aliphatic heterocycles. The van der Waals surface area contributed by atoms with Crippen molar-refractivity contribution in [2.45, 2.75) is 91.0 Å². The van der Waals surface area contributed by atoms with Gasteiger partial charge in [0.15, 0.2) is 0 Å². The molecule has 1 aliphatic rings. The minimum atomic E-state index is -0.496. The molecular formula is C31H40FN3O3S2. The first-order valence-electron chi connectivity index (χ1n) is 13.6. The number of hydrogen-bond donors (Lipinski definition) is 3. The molecule has 6 nitrogen and oxygen atoms in total. The molecule has 0 radical (unpaired) electrons. The van der Waals surface area contributed by atoms with Crippen molar-refractivity contribution < 1.29 is 18.7 Å². The second kappa shape index (κ2) is 13.6. The van der Waals surface area contributed by atoms with Gasteiger partial charge in [0.1, 0.15) is 11.4 Å². The lowest BCUT2D eigenvalue weighted by Gasteiger charge is -2.22. The molecule has 9 heteroatoms. The third kappa shape index (κ3) is 8.30. The second-order valence-electron chi connectivity index (χ2n) is 11.1. The Morgan fingerprint density at radius 1 is 1.25 bits per heavy atom. The molecular weight excluding hydrogens is 545 g/mol. The molecule has 0 saturated heterocycles. The molecule has 40 heavy (non-hydrogen) atoms. The summed E-state index contributed by atoms with van der Waals surface area (Å²) in [4.78, 5) is 26.7. The summed E-state index contributed by atoms with van der Waals surface area (Å²) in [7, 11) is 0. The quantitative estimate of drug-likeness (QED) is 0.140. The highest BCUT2D eigenvalue weighted by Crippen LogP contribution is 2.38. The Balaban J connectivity index is 1.75. The van der Waals surface area contributed by atoms with Crippen LogP contribution >= 0.6 is 23.1 Å². The van der Waals surface area contributed by atoms with Crippen LogP contribution in [-0.2, 0) is 9.53 Å². The van der Waals surface area contributed by atoms with E-state index in [2.05, 4.69) is 17.6 Å². The van der Waals surface area contributed by atoms with Gasteiger partial charge in [-0.3, -0.25) is 4.79 Å². The van der Waals surface area contributed by atoms with Crippen LogP contribution in [0.4, 0.5) is 14.9 Å². The van der Waals surface area contributed by atoms with E-state index >= 15 is 0 Å². The average Bonchev–Trinajstić information content (AvgIpc) is 3.31. The number of aryl methyl sites for hydroxylation is 1. The van der Waals surface area contributed by atoms with E-state index in [0.29, 0.717) is 16.8 Å². The van der Waals surface area contributed by atoms with Crippen molar-refractivity contribution in [3.8, 4) is 0 Å². The molecule has 2 atom stereocenters. The summed E-state index contributed by atoms with van der Waals surface area (Å²) in [5.74, 6) is -0.640. The van der Waals surface area contributed by atoms with Crippen molar-refractivity contribution in [1.82, 2.24) is 5.32 Å². The number of hydrogen-bond acceptors (Lipinski definition) is 7. The van der Waals surface area contributed by atoms with Gasteiger partial charge in [0.2, 0.25) is 0 Å². The molecule has 1 amide bonds. The maximum Gasteiger partial charge on any atom is 0.368 e. The van der Waals surface area contributed by atoms with Gasteiger partial charge < -0.3 is 20.8 Å². The summed E-state index contributed by atoms with van der Waals surface area (Å²) >= 11 is 2.79. The Kier molecular flexibility index (Phi) is 10.8. The zero-order chi connectivity index (χ0) is 29.6. The number of fused-ring (bicyclic) bond motifs is 1. The molecule has 0 spiro atoms. The van der Waals surface area contributed by atoms with Crippen LogP contribution in [-0.4, -0.2) is 34.3 Å². The minimum Gasteiger partial charge on any atom is -0.452 e. The standard InChI is InChI=1S/C31H40FN3O3S2/c1-8-9-23(12-10-18(2)39-30(37)38-31(5,6)7)34-17-21(16-33)28-19(3)27(40-20(28)4)15-25-24-14-22(32)11-13-26(24)35-29(25)36/h11,13-18,23,33-34H,8-10,12H2,1-7H3,(H,35,36)/b21-17+,25-15-,33-16?. The highest BCUT2D eigenvalue weighted by Gasteiger charge is 2.26. The van der Waals surface area contributed by atoms with Crippen LogP contribution in [0.25, 0.3) is 17.2 Å². The largest absolute Gasteiger partial charge is 0.452 e. The number of thioether (sulfide) groups is 1. The molecule has 2 aromatic rings. The number of nitrogens with one attached hydrogen (secondary N) is 3. The molecule has 2 unspecified atom stereocenters. The molecule has 0 bridgehead atoms. The lowest BCUT2D eigenvalue weighted by atomic mass is 10.00. The number of amides is 1. The van der Waals surface area contributed by atoms with Crippen molar-refractivity contribution in [3.05, 3.63) is 56.7 Å². The third-order valence-corrected chi connectivity index (χ3v) is 8.63. The number of allylic oxidation sites excluding steroid dienone is 1. The number of benzene rings is 1. The van der Waals surface area contributed by atoms with Gasteiger partial charge in [0.05, 0.1) is 5.57 Å². The Bertz CT molecular complexity index is 1320. The van der Waals surface area contributed by atoms with Crippen LogP contribution in [0, 0.1) is 25.1 Å². The fourth-order valence-electron chi connectivity index (χ4n) is 4.66. The van der Waals surface area contributed by atoms with Crippen molar-refractivity contribution >= 4 is 63.4 Å². The lowest BCUT2D eigenvalue weighted by Crippen LogP contribution is -2.26. The van der Waals surface area contributed by atoms with Crippen molar-refractivity contribution in [2.24, 2.45) is 0 Å². The van der Waals surface area contributed by atoms with Gasteiger partial charge in [-0.2, -0.15) is 0 Å². The van der Waals surface area contributed by atoms with E-state index < -0.39 is 5.60 Å². The predicted octanol–water partition coefficient (Wildman–Crippen LogP) is 8.58. The van der Waals surface area contributed by atoms with Gasteiger partial charge >= 0.3 is 5.30 Å². The number of halogens is 1. The Labute approximate surface area is 245 Å². The van der Waals surface area contributed by atoms with Crippen LogP contribution in [0.15, 0.2) is 24.4 Å². The van der Waals surface area contributed by atoms with Crippen LogP contribution in [0.1, 0.15) is 86.7 Å². The van der Waals surface area contributed by atoms with Crippen molar-refractivity contribution in [1.29, 1.82) is 5.41 Å². The molecule has 216 valence electrons. The predicted molar refractivity (Wildman–Crippen MR) is 168 cm³/mol. The van der Waals surface area contributed by atoms with Crippen LogP contribution < -0.4 is 10.6 Å². The molecule has 0 saturated carbocycles. The average molecular weight is 586 g/mol. The molecule has 3 N–H and O–H groups in total. The summed E-state index contributed by atoms with van der Waals surface area (Å²) in [6.07, 6.45) is 8.79. The van der Waals surface area contributed by atoms with Crippen LogP contribution in [0.2, 0.25) is 0 Å². The second-order valence-corrected chi connectivity index (χ2v) is 13.7.